The van der Waals surface area contributed by atoms with Crippen LogP contribution < -0.4 is 10.2 Å². The second-order valence-electron chi connectivity index (χ2n) is 5.72. The predicted octanol–water partition coefficient (Wildman–Crippen LogP) is 2.08. The fourth-order valence-corrected chi connectivity index (χ4v) is 3.19. The molecule has 2 fully saturated rings. The van der Waals surface area contributed by atoms with Gasteiger partial charge in [-0.05, 0) is 43.8 Å². The van der Waals surface area contributed by atoms with Crippen molar-refractivity contribution in [2.24, 2.45) is 5.41 Å². The summed E-state index contributed by atoms with van der Waals surface area (Å²) in [5, 5.41) is 10.0. The lowest BCUT2D eigenvalue weighted by Gasteiger charge is -2.34. The van der Waals surface area contributed by atoms with Crippen molar-refractivity contribution < 1.29 is 13.2 Å². The van der Waals surface area contributed by atoms with Crippen molar-refractivity contribution in [3.05, 3.63) is 18.0 Å². The van der Waals surface area contributed by atoms with Crippen LogP contribution in [0.25, 0.3) is 0 Å². The van der Waals surface area contributed by atoms with Crippen LogP contribution in [0.4, 0.5) is 18.9 Å². The molecule has 0 aliphatic carbocycles. The molecule has 110 valence electrons. The minimum Gasteiger partial charge on any atom is -0.370 e. The van der Waals surface area contributed by atoms with Crippen LogP contribution in [0.2, 0.25) is 0 Å². The number of piperidine rings is 1. The molecule has 4 nitrogen and oxygen atoms in total. The van der Waals surface area contributed by atoms with Crippen molar-refractivity contribution in [1.82, 2.24) is 15.5 Å². The molecule has 0 radical (unpaired) electrons. The molecule has 3 rings (SSSR count). The van der Waals surface area contributed by atoms with Crippen LogP contribution in [0.5, 0.6) is 0 Å². The first-order valence-electron chi connectivity index (χ1n) is 6.84. The van der Waals surface area contributed by atoms with Gasteiger partial charge in [0.2, 0.25) is 0 Å². The second-order valence-corrected chi connectivity index (χ2v) is 5.72. The van der Waals surface area contributed by atoms with E-state index >= 15 is 0 Å². The van der Waals surface area contributed by atoms with E-state index in [1.807, 2.05) is 4.90 Å². The Morgan fingerprint density at radius 2 is 1.95 bits per heavy atom. The van der Waals surface area contributed by atoms with Gasteiger partial charge >= 0.3 is 6.18 Å². The van der Waals surface area contributed by atoms with Crippen molar-refractivity contribution in [1.29, 1.82) is 0 Å². The molecular weight excluding hydrogens is 269 g/mol. The number of hydrogen-bond donors (Lipinski definition) is 1. The molecule has 0 unspecified atom stereocenters. The Kier molecular flexibility index (Phi) is 3.32. The number of nitrogens with one attached hydrogen (secondary N) is 1. The fraction of sp³-hybridized carbons (Fsp3) is 0.692. The van der Waals surface area contributed by atoms with Gasteiger partial charge in [-0.15, -0.1) is 5.10 Å². The van der Waals surface area contributed by atoms with Crippen LogP contribution in [0.3, 0.4) is 0 Å². The van der Waals surface area contributed by atoms with Crippen molar-refractivity contribution in [2.45, 2.75) is 25.4 Å². The molecule has 3 heterocycles. The lowest BCUT2D eigenvalue weighted by atomic mass is 9.78. The summed E-state index contributed by atoms with van der Waals surface area (Å²) in [6.07, 6.45) is 0.213. The van der Waals surface area contributed by atoms with Crippen LogP contribution in [0.15, 0.2) is 12.3 Å². The van der Waals surface area contributed by atoms with Crippen molar-refractivity contribution >= 4 is 5.69 Å². The number of nitrogens with zero attached hydrogens (tertiary/aromatic N) is 3. The Labute approximate surface area is 115 Å². The molecule has 0 saturated carbocycles. The van der Waals surface area contributed by atoms with E-state index in [0.29, 0.717) is 5.69 Å². The normalized spacial score (nSPS) is 22.4. The SMILES string of the molecule is FC(F)(F)c1cc(N2CCC3(CCNCC3)C2)cnn1. The van der Waals surface area contributed by atoms with Gasteiger partial charge in [0.15, 0.2) is 5.69 Å². The lowest BCUT2D eigenvalue weighted by Crippen LogP contribution is -2.38. The molecule has 1 spiro atoms. The number of aromatic nitrogens is 2. The van der Waals surface area contributed by atoms with Crippen molar-refractivity contribution in [2.75, 3.05) is 31.1 Å². The Bertz CT molecular complexity index is 483. The third-order valence-electron chi connectivity index (χ3n) is 4.40. The zero-order valence-electron chi connectivity index (χ0n) is 11.1. The summed E-state index contributed by atoms with van der Waals surface area (Å²) in [4.78, 5) is 2.01. The number of alkyl halides is 3. The monoisotopic (exact) mass is 286 g/mol. The fourth-order valence-electron chi connectivity index (χ4n) is 3.19. The molecule has 2 aliphatic heterocycles. The summed E-state index contributed by atoms with van der Waals surface area (Å²) in [6.45, 7) is 3.60. The highest BCUT2D eigenvalue weighted by atomic mass is 19.4. The van der Waals surface area contributed by atoms with E-state index in [0.717, 1.165) is 51.5 Å². The first-order chi connectivity index (χ1) is 9.49. The molecule has 2 saturated heterocycles. The maximum atomic E-state index is 12.7. The Hall–Kier alpha value is -1.37. The highest BCUT2D eigenvalue weighted by Gasteiger charge is 2.40. The van der Waals surface area contributed by atoms with E-state index in [1.165, 1.54) is 6.20 Å². The first kappa shape index (κ1) is 13.6. The highest BCUT2D eigenvalue weighted by molar-refractivity contribution is 5.46. The molecule has 20 heavy (non-hydrogen) atoms. The molecular formula is C13H17F3N4. The molecule has 0 amide bonds. The number of rotatable bonds is 1. The average molecular weight is 286 g/mol. The smallest absolute Gasteiger partial charge is 0.370 e. The van der Waals surface area contributed by atoms with E-state index in [9.17, 15) is 13.2 Å². The largest absolute Gasteiger partial charge is 0.435 e. The third-order valence-corrected chi connectivity index (χ3v) is 4.40. The Morgan fingerprint density at radius 3 is 2.65 bits per heavy atom. The molecule has 0 atom stereocenters. The van der Waals surface area contributed by atoms with Gasteiger partial charge in [0.05, 0.1) is 11.9 Å². The van der Waals surface area contributed by atoms with Gasteiger partial charge in [-0.3, -0.25) is 0 Å². The predicted molar refractivity (Wildman–Crippen MR) is 68.4 cm³/mol. The molecule has 0 aromatic carbocycles. The van der Waals surface area contributed by atoms with Gasteiger partial charge in [-0.2, -0.15) is 18.3 Å². The van der Waals surface area contributed by atoms with E-state index in [-0.39, 0.29) is 5.41 Å². The average Bonchev–Trinajstić information content (AvgIpc) is 2.83. The topological polar surface area (TPSA) is 41.0 Å². The summed E-state index contributed by atoms with van der Waals surface area (Å²) in [5.74, 6) is 0. The summed E-state index contributed by atoms with van der Waals surface area (Å²) in [6, 6.07) is 1.10. The number of hydrogen-bond acceptors (Lipinski definition) is 4. The maximum Gasteiger partial charge on any atom is 0.435 e. The molecule has 2 aliphatic rings. The molecule has 0 bridgehead atoms. The molecule has 7 heteroatoms. The van der Waals surface area contributed by atoms with Crippen molar-refractivity contribution in [3.8, 4) is 0 Å². The Morgan fingerprint density at radius 1 is 1.20 bits per heavy atom. The second kappa shape index (κ2) is 4.87. The highest BCUT2D eigenvalue weighted by Crippen LogP contribution is 2.40. The van der Waals surface area contributed by atoms with E-state index < -0.39 is 11.9 Å². The number of halogens is 3. The van der Waals surface area contributed by atoms with Crippen LogP contribution in [0, 0.1) is 5.41 Å². The third kappa shape index (κ3) is 2.59. The van der Waals surface area contributed by atoms with Gasteiger partial charge in [-0.1, -0.05) is 0 Å². The first-order valence-corrected chi connectivity index (χ1v) is 6.84. The summed E-state index contributed by atoms with van der Waals surface area (Å²) in [7, 11) is 0. The van der Waals surface area contributed by atoms with Crippen molar-refractivity contribution in [3.63, 3.8) is 0 Å². The number of anilines is 1. The molecule has 1 N–H and O–H groups in total. The van der Waals surface area contributed by atoms with E-state index in [1.54, 1.807) is 0 Å². The van der Waals surface area contributed by atoms with E-state index in [2.05, 4.69) is 15.5 Å². The quantitative estimate of drug-likeness (QED) is 0.858. The summed E-state index contributed by atoms with van der Waals surface area (Å²) in [5.41, 5.74) is -0.128. The lowest BCUT2D eigenvalue weighted by molar-refractivity contribution is -0.141. The zero-order chi connectivity index (χ0) is 14.2. The van der Waals surface area contributed by atoms with Gasteiger partial charge < -0.3 is 10.2 Å². The van der Waals surface area contributed by atoms with Gasteiger partial charge in [-0.25, -0.2) is 0 Å². The van der Waals surface area contributed by atoms with Crippen LogP contribution in [-0.4, -0.2) is 36.4 Å². The van der Waals surface area contributed by atoms with Crippen LogP contribution >= 0.6 is 0 Å². The Balaban J connectivity index is 1.77. The minimum atomic E-state index is -4.44. The van der Waals surface area contributed by atoms with Gasteiger partial charge in [0.1, 0.15) is 0 Å². The van der Waals surface area contributed by atoms with Gasteiger partial charge in [0, 0.05) is 13.1 Å². The minimum absolute atomic E-state index is 0.257. The van der Waals surface area contributed by atoms with Gasteiger partial charge in [0.25, 0.3) is 0 Å². The summed E-state index contributed by atoms with van der Waals surface area (Å²) >= 11 is 0. The standard InChI is InChI=1S/C13H17F3N4/c14-13(15,16)11-7-10(8-18-19-11)20-6-3-12(9-20)1-4-17-5-2-12/h7-8,17H,1-6,9H2. The molecule has 1 aromatic rings. The molecule has 1 aromatic heterocycles. The van der Waals surface area contributed by atoms with Crippen LogP contribution in [-0.2, 0) is 6.18 Å². The van der Waals surface area contributed by atoms with Crippen LogP contribution in [0.1, 0.15) is 25.0 Å². The zero-order valence-corrected chi connectivity index (χ0v) is 11.1. The summed E-state index contributed by atoms with van der Waals surface area (Å²) < 4.78 is 38.0. The maximum absolute atomic E-state index is 12.7. The van der Waals surface area contributed by atoms with E-state index in [4.69, 9.17) is 0 Å².